The summed E-state index contributed by atoms with van der Waals surface area (Å²) in [5, 5.41) is 12.2. The average Bonchev–Trinajstić information content (AvgIpc) is 2.45. The molecule has 20 heavy (non-hydrogen) atoms. The van der Waals surface area contributed by atoms with Crippen LogP contribution in [0.15, 0.2) is 52.5 Å². The van der Waals surface area contributed by atoms with Gasteiger partial charge < -0.3 is 10.9 Å². The van der Waals surface area contributed by atoms with Crippen molar-refractivity contribution in [3.63, 3.8) is 0 Å². The monoisotopic (exact) mass is 306 g/mol. The molecule has 3 nitrogen and oxygen atoms in total. The van der Waals surface area contributed by atoms with Crippen LogP contribution in [0.5, 0.6) is 0 Å². The van der Waals surface area contributed by atoms with E-state index in [0.29, 0.717) is 10.6 Å². The molecule has 2 aromatic rings. The molecule has 0 aliphatic carbocycles. The van der Waals surface area contributed by atoms with E-state index in [-0.39, 0.29) is 5.84 Å². The predicted molar refractivity (Wildman–Crippen MR) is 84.7 cm³/mol. The normalized spacial score (nSPS) is 11.6. The Hall–Kier alpha value is -1.65. The fourth-order valence-corrected chi connectivity index (χ4v) is 3.00. The van der Waals surface area contributed by atoms with E-state index in [2.05, 4.69) is 30.3 Å². The molecule has 0 aromatic heterocycles. The van der Waals surface area contributed by atoms with Crippen LogP contribution < -0.4 is 5.73 Å². The quantitative estimate of drug-likeness (QED) is 0.295. The van der Waals surface area contributed by atoms with Crippen LogP contribution in [0.2, 0.25) is 5.02 Å². The number of amidine groups is 1. The Morgan fingerprint density at radius 3 is 2.75 bits per heavy atom. The molecule has 2 aromatic carbocycles. The number of aryl methyl sites for hydroxylation is 1. The zero-order valence-electron chi connectivity index (χ0n) is 11.0. The van der Waals surface area contributed by atoms with E-state index in [1.165, 1.54) is 11.1 Å². The Labute approximate surface area is 127 Å². The van der Waals surface area contributed by atoms with Gasteiger partial charge in [-0.05, 0) is 30.7 Å². The average molecular weight is 307 g/mol. The van der Waals surface area contributed by atoms with Crippen molar-refractivity contribution in [1.82, 2.24) is 0 Å². The Morgan fingerprint density at radius 2 is 2.10 bits per heavy atom. The second-order valence-electron chi connectivity index (χ2n) is 4.41. The summed E-state index contributed by atoms with van der Waals surface area (Å²) in [6.07, 6.45) is 0. The molecule has 0 bridgehead atoms. The Balaban J connectivity index is 2.11. The Bertz CT molecular complexity index is 644. The van der Waals surface area contributed by atoms with Crippen LogP contribution in [-0.2, 0) is 5.75 Å². The minimum atomic E-state index is 0.0575. The summed E-state index contributed by atoms with van der Waals surface area (Å²) >= 11 is 7.88. The van der Waals surface area contributed by atoms with Crippen molar-refractivity contribution in [3.05, 3.63) is 64.2 Å². The van der Waals surface area contributed by atoms with Crippen molar-refractivity contribution >= 4 is 29.2 Å². The van der Waals surface area contributed by atoms with Crippen LogP contribution in [0.3, 0.4) is 0 Å². The second kappa shape index (κ2) is 6.68. The number of nitrogens with two attached hydrogens (primary N) is 1. The molecule has 0 saturated heterocycles. The third kappa shape index (κ3) is 3.68. The number of thioether (sulfide) groups is 1. The molecular weight excluding hydrogens is 292 g/mol. The van der Waals surface area contributed by atoms with Crippen LogP contribution in [0, 0.1) is 6.92 Å². The van der Waals surface area contributed by atoms with Crippen LogP contribution >= 0.6 is 23.4 Å². The SMILES string of the molecule is Cc1cccc(CSc2ccc(C(N)=NO)cc2Cl)c1. The summed E-state index contributed by atoms with van der Waals surface area (Å²) in [7, 11) is 0. The minimum Gasteiger partial charge on any atom is -0.409 e. The molecule has 0 spiro atoms. The molecule has 0 atom stereocenters. The fourth-order valence-electron chi connectivity index (χ4n) is 1.80. The summed E-state index contributed by atoms with van der Waals surface area (Å²) in [5.74, 6) is 0.909. The molecule has 0 fully saturated rings. The van der Waals surface area contributed by atoms with Gasteiger partial charge >= 0.3 is 0 Å². The first-order chi connectivity index (χ1) is 9.60. The lowest BCUT2D eigenvalue weighted by atomic mass is 10.2. The van der Waals surface area contributed by atoms with Crippen molar-refractivity contribution < 1.29 is 5.21 Å². The Kier molecular flexibility index (Phi) is 4.93. The number of oxime groups is 1. The molecule has 0 saturated carbocycles. The first-order valence-electron chi connectivity index (χ1n) is 6.06. The van der Waals surface area contributed by atoms with Gasteiger partial charge in [0, 0.05) is 16.2 Å². The zero-order chi connectivity index (χ0) is 14.5. The van der Waals surface area contributed by atoms with Gasteiger partial charge in [-0.15, -0.1) is 11.8 Å². The van der Waals surface area contributed by atoms with Gasteiger partial charge in [-0.1, -0.05) is 46.6 Å². The highest BCUT2D eigenvalue weighted by Gasteiger charge is 2.06. The van der Waals surface area contributed by atoms with Crippen molar-refractivity contribution in [1.29, 1.82) is 0 Å². The lowest BCUT2D eigenvalue weighted by molar-refractivity contribution is 0.318. The molecular formula is C15H15ClN2OS. The maximum absolute atomic E-state index is 8.64. The molecule has 0 radical (unpaired) electrons. The van der Waals surface area contributed by atoms with Crippen molar-refractivity contribution in [2.45, 2.75) is 17.6 Å². The molecule has 5 heteroatoms. The summed E-state index contributed by atoms with van der Waals surface area (Å²) < 4.78 is 0. The summed E-state index contributed by atoms with van der Waals surface area (Å²) in [6.45, 7) is 2.08. The highest BCUT2D eigenvalue weighted by Crippen LogP contribution is 2.30. The van der Waals surface area contributed by atoms with Gasteiger partial charge in [-0.2, -0.15) is 0 Å². The van der Waals surface area contributed by atoms with Gasteiger partial charge in [-0.25, -0.2) is 0 Å². The molecule has 0 unspecified atom stereocenters. The number of hydrogen-bond acceptors (Lipinski definition) is 3. The third-order valence-corrected chi connectivity index (χ3v) is 4.38. The second-order valence-corrected chi connectivity index (χ2v) is 5.83. The van der Waals surface area contributed by atoms with Crippen LogP contribution in [0.25, 0.3) is 0 Å². The highest BCUT2D eigenvalue weighted by atomic mass is 35.5. The minimum absolute atomic E-state index is 0.0575. The molecule has 0 aliphatic heterocycles. The molecule has 0 heterocycles. The number of rotatable bonds is 4. The standard InChI is InChI=1S/C15H15ClN2OS/c1-10-3-2-4-11(7-10)9-20-14-6-5-12(8-13(14)16)15(17)18-19/h2-8,19H,9H2,1H3,(H2,17,18). The van der Waals surface area contributed by atoms with E-state index in [4.69, 9.17) is 22.5 Å². The molecule has 104 valence electrons. The van der Waals surface area contributed by atoms with Gasteiger partial charge in [0.2, 0.25) is 0 Å². The summed E-state index contributed by atoms with van der Waals surface area (Å²) in [5.41, 5.74) is 8.64. The number of hydrogen-bond donors (Lipinski definition) is 2. The van der Waals surface area contributed by atoms with Gasteiger partial charge in [0.05, 0.1) is 5.02 Å². The maximum atomic E-state index is 8.64. The molecule has 3 N–H and O–H groups in total. The topological polar surface area (TPSA) is 58.6 Å². The summed E-state index contributed by atoms with van der Waals surface area (Å²) in [6, 6.07) is 13.8. The maximum Gasteiger partial charge on any atom is 0.170 e. The first kappa shape index (κ1) is 14.8. The van der Waals surface area contributed by atoms with Gasteiger partial charge in [0.1, 0.15) is 0 Å². The van der Waals surface area contributed by atoms with Gasteiger partial charge in [-0.3, -0.25) is 0 Å². The van der Waals surface area contributed by atoms with E-state index >= 15 is 0 Å². The van der Waals surface area contributed by atoms with Crippen molar-refractivity contribution in [3.8, 4) is 0 Å². The molecule has 0 aliphatic rings. The Morgan fingerprint density at radius 1 is 1.30 bits per heavy atom. The molecule has 0 amide bonds. The predicted octanol–water partition coefficient (Wildman–Crippen LogP) is 4.04. The summed E-state index contributed by atoms with van der Waals surface area (Å²) in [4.78, 5) is 0.975. The van der Waals surface area contributed by atoms with Crippen molar-refractivity contribution in [2.24, 2.45) is 10.9 Å². The van der Waals surface area contributed by atoms with E-state index in [0.717, 1.165) is 10.6 Å². The lowest BCUT2D eigenvalue weighted by Gasteiger charge is -2.07. The van der Waals surface area contributed by atoms with Crippen LogP contribution in [0.1, 0.15) is 16.7 Å². The number of benzene rings is 2. The largest absolute Gasteiger partial charge is 0.409 e. The van der Waals surface area contributed by atoms with E-state index in [9.17, 15) is 0 Å². The van der Waals surface area contributed by atoms with Crippen LogP contribution in [-0.4, -0.2) is 11.0 Å². The highest BCUT2D eigenvalue weighted by molar-refractivity contribution is 7.98. The lowest BCUT2D eigenvalue weighted by Crippen LogP contribution is -2.12. The third-order valence-electron chi connectivity index (χ3n) is 2.81. The van der Waals surface area contributed by atoms with E-state index < -0.39 is 0 Å². The van der Waals surface area contributed by atoms with E-state index in [1.54, 1.807) is 23.9 Å². The van der Waals surface area contributed by atoms with Crippen LogP contribution in [0.4, 0.5) is 0 Å². The van der Waals surface area contributed by atoms with Gasteiger partial charge in [0.25, 0.3) is 0 Å². The fraction of sp³-hybridized carbons (Fsp3) is 0.133. The van der Waals surface area contributed by atoms with Crippen molar-refractivity contribution in [2.75, 3.05) is 0 Å². The number of halogens is 1. The molecule has 2 rings (SSSR count). The van der Waals surface area contributed by atoms with E-state index in [1.807, 2.05) is 12.1 Å². The number of nitrogens with zero attached hydrogens (tertiary/aromatic N) is 1. The van der Waals surface area contributed by atoms with Gasteiger partial charge in [0.15, 0.2) is 5.84 Å². The zero-order valence-corrected chi connectivity index (χ0v) is 12.6. The first-order valence-corrected chi connectivity index (χ1v) is 7.42. The smallest absolute Gasteiger partial charge is 0.170 e.